The van der Waals surface area contributed by atoms with Crippen LogP contribution in [-0.2, 0) is 4.74 Å². The third kappa shape index (κ3) is 4.64. The van der Waals surface area contributed by atoms with Gasteiger partial charge in [-0.25, -0.2) is 4.79 Å². The molecule has 27 heavy (non-hydrogen) atoms. The second-order valence-electron chi connectivity index (χ2n) is 8.01. The zero-order valence-corrected chi connectivity index (χ0v) is 16.5. The molecule has 1 atom stereocenters. The summed E-state index contributed by atoms with van der Waals surface area (Å²) in [6.45, 7) is 7.68. The van der Waals surface area contributed by atoms with Crippen LogP contribution in [0.5, 0.6) is 11.5 Å². The lowest BCUT2D eigenvalue weighted by molar-refractivity contribution is 0.0199. The van der Waals surface area contributed by atoms with Crippen molar-refractivity contribution >= 4 is 12.0 Å². The molecule has 1 saturated heterocycles. The van der Waals surface area contributed by atoms with E-state index < -0.39 is 5.60 Å². The van der Waals surface area contributed by atoms with Gasteiger partial charge >= 0.3 is 6.09 Å². The number of rotatable bonds is 3. The van der Waals surface area contributed by atoms with Crippen molar-refractivity contribution in [2.75, 3.05) is 33.4 Å². The van der Waals surface area contributed by atoms with Crippen LogP contribution in [0.1, 0.15) is 44.0 Å². The Morgan fingerprint density at radius 1 is 1.22 bits per heavy atom. The molecule has 1 aromatic rings. The summed E-state index contributed by atoms with van der Waals surface area (Å²) in [5, 5.41) is 0. The smallest absolute Gasteiger partial charge is 0.410 e. The normalized spacial score (nSPS) is 19.0. The highest BCUT2D eigenvalue weighted by Gasteiger charge is 2.33. The van der Waals surface area contributed by atoms with Crippen LogP contribution in [0.2, 0.25) is 0 Å². The van der Waals surface area contributed by atoms with E-state index in [1.165, 1.54) is 0 Å². The van der Waals surface area contributed by atoms with Gasteiger partial charge in [0.15, 0.2) is 11.5 Å². The van der Waals surface area contributed by atoms with E-state index in [1.54, 1.807) is 35.0 Å². The maximum atomic E-state index is 12.8. The van der Waals surface area contributed by atoms with Gasteiger partial charge in [-0.05, 0) is 51.8 Å². The third-order valence-corrected chi connectivity index (χ3v) is 4.63. The molecule has 0 bridgehead atoms. The standard InChI is InChI=1S/C20H28N2O5/c1-20(2,3)27-19(24)22-9-5-6-15(22)13-21(4)18(23)14-7-8-16-17(12-14)26-11-10-25-16/h7-8,12,15H,5-6,9-11,13H2,1-4H3/t15-/m0/s1. The van der Waals surface area contributed by atoms with E-state index in [-0.39, 0.29) is 18.0 Å². The number of amides is 2. The Morgan fingerprint density at radius 2 is 1.93 bits per heavy atom. The van der Waals surface area contributed by atoms with Crippen LogP contribution in [-0.4, -0.2) is 66.8 Å². The first kappa shape index (κ1) is 19.3. The maximum Gasteiger partial charge on any atom is 0.410 e. The van der Waals surface area contributed by atoms with Gasteiger partial charge in [0, 0.05) is 25.7 Å². The molecule has 2 amide bonds. The molecule has 0 aromatic heterocycles. The minimum absolute atomic E-state index is 0.0361. The van der Waals surface area contributed by atoms with E-state index in [2.05, 4.69) is 0 Å². The summed E-state index contributed by atoms with van der Waals surface area (Å²) >= 11 is 0. The van der Waals surface area contributed by atoms with Gasteiger partial charge in [-0.3, -0.25) is 4.79 Å². The van der Waals surface area contributed by atoms with Gasteiger partial charge in [0.25, 0.3) is 5.91 Å². The van der Waals surface area contributed by atoms with Crippen LogP contribution in [0.15, 0.2) is 18.2 Å². The van der Waals surface area contributed by atoms with Crippen LogP contribution in [0.3, 0.4) is 0 Å². The van der Waals surface area contributed by atoms with Gasteiger partial charge in [-0.2, -0.15) is 0 Å². The number of carbonyl (C=O) groups is 2. The van der Waals surface area contributed by atoms with Crippen molar-refractivity contribution in [1.29, 1.82) is 0 Å². The van der Waals surface area contributed by atoms with Crippen LogP contribution >= 0.6 is 0 Å². The Hall–Kier alpha value is -2.44. The second-order valence-corrected chi connectivity index (χ2v) is 8.01. The molecule has 0 unspecified atom stereocenters. The topological polar surface area (TPSA) is 68.3 Å². The highest BCUT2D eigenvalue weighted by molar-refractivity contribution is 5.94. The fourth-order valence-electron chi connectivity index (χ4n) is 3.38. The van der Waals surface area contributed by atoms with Gasteiger partial charge in [0.2, 0.25) is 0 Å². The third-order valence-electron chi connectivity index (χ3n) is 4.63. The molecule has 1 aromatic carbocycles. The molecule has 7 nitrogen and oxygen atoms in total. The van der Waals surface area contributed by atoms with Gasteiger partial charge in [0.05, 0.1) is 6.04 Å². The average molecular weight is 376 g/mol. The molecule has 1 fully saturated rings. The summed E-state index contributed by atoms with van der Waals surface area (Å²) in [6.07, 6.45) is 1.46. The van der Waals surface area contributed by atoms with E-state index >= 15 is 0 Å². The highest BCUT2D eigenvalue weighted by atomic mass is 16.6. The molecular formula is C20H28N2O5. The number of nitrogens with zero attached hydrogens (tertiary/aromatic N) is 2. The average Bonchev–Trinajstić information content (AvgIpc) is 3.07. The number of hydrogen-bond acceptors (Lipinski definition) is 5. The van der Waals surface area contributed by atoms with Gasteiger partial charge in [0.1, 0.15) is 18.8 Å². The fourth-order valence-corrected chi connectivity index (χ4v) is 3.38. The van der Waals surface area contributed by atoms with Crippen LogP contribution in [0, 0.1) is 0 Å². The number of carbonyl (C=O) groups excluding carboxylic acids is 2. The maximum absolute atomic E-state index is 12.8. The van der Waals surface area contributed by atoms with Gasteiger partial charge < -0.3 is 24.0 Å². The van der Waals surface area contributed by atoms with E-state index in [4.69, 9.17) is 14.2 Å². The first-order valence-corrected chi connectivity index (χ1v) is 9.39. The fraction of sp³-hybridized carbons (Fsp3) is 0.600. The second kappa shape index (κ2) is 7.66. The molecule has 0 radical (unpaired) electrons. The summed E-state index contributed by atoms with van der Waals surface area (Å²) in [4.78, 5) is 28.6. The van der Waals surface area contributed by atoms with E-state index in [9.17, 15) is 9.59 Å². The molecule has 2 aliphatic rings. The SMILES string of the molecule is CN(C[C@@H]1CCCN1C(=O)OC(C)(C)C)C(=O)c1ccc2c(c1)OCCO2. The van der Waals surface area contributed by atoms with Gasteiger partial charge in [-0.15, -0.1) is 0 Å². The van der Waals surface area contributed by atoms with Crippen molar-refractivity contribution in [1.82, 2.24) is 9.80 Å². The van der Waals surface area contributed by atoms with Crippen LogP contribution in [0.4, 0.5) is 4.79 Å². The molecule has 0 saturated carbocycles. The quantitative estimate of drug-likeness (QED) is 0.811. The summed E-state index contributed by atoms with van der Waals surface area (Å²) in [5.41, 5.74) is 0.0144. The van der Waals surface area contributed by atoms with Gasteiger partial charge in [-0.1, -0.05) is 0 Å². The Morgan fingerprint density at radius 3 is 2.63 bits per heavy atom. The predicted octanol–water partition coefficient (Wildman–Crippen LogP) is 2.93. The number of ether oxygens (including phenoxy) is 3. The van der Waals surface area contributed by atoms with E-state index in [0.717, 1.165) is 12.8 Å². The van der Waals surface area contributed by atoms with Crippen molar-refractivity contribution < 1.29 is 23.8 Å². The monoisotopic (exact) mass is 376 g/mol. The highest BCUT2D eigenvalue weighted by Crippen LogP contribution is 2.31. The molecule has 0 spiro atoms. The minimum atomic E-state index is -0.531. The van der Waals surface area contributed by atoms with Crippen molar-refractivity contribution in [3.63, 3.8) is 0 Å². The number of benzene rings is 1. The zero-order chi connectivity index (χ0) is 19.6. The Balaban J connectivity index is 1.64. The van der Waals surface area contributed by atoms with Crippen molar-refractivity contribution in [3.8, 4) is 11.5 Å². The Kier molecular flexibility index (Phi) is 5.48. The molecule has 0 aliphatic carbocycles. The number of fused-ring (bicyclic) bond motifs is 1. The molecule has 2 aliphatic heterocycles. The molecule has 2 heterocycles. The number of likely N-dealkylation sites (N-methyl/N-ethyl adjacent to an activating group) is 1. The molecule has 148 valence electrons. The Labute approximate surface area is 160 Å². The first-order chi connectivity index (χ1) is 12.7. The molecular weight excluding hydrogens is 348 g/mol. The van der Waals surface area contributed by atoms with Crippen molar-refractivity contribution in [2.45, 2.75) is 45.3 Å². The minimum Gasteiger partial charge on any atom is -0.486 e. The molecule has 3 rings (SSSR count). The Bertz CT molecular complexity index is 713. The van der Waals surface area contributed by atoms with Crippen LogP contribution < -0.4 is 9.47 Å². The summed E-state index contributed by atoms with van der Waals surface area (Å²) in [5.74, 6) is 1.15. The molecule has 0 N–H and O–H groups in total. The van der Waals surface area contributed by atoms with E-state index in [1.807, 2.05) is 20.8 Å². The summed E-state index contributed by atoms with van der Waals surface area (Å²) < 4.78 is 16.5. The molecule has 7 heteroatoms. The lowest BCUT2D eigenvalue weighted by Gasteiger charge is -2.31. The van der Waals surface area contributed by atoms with Crippen LogP contribution in [0.25, 0.3) is 0 Å². The summed E-state index contributed by atoms with van der Waals surface area (Å²) in [7, 11) is 1.75. The zero-order valence-electron chi connectivity index (χ0n) is 16.5. The predicted molar refractivity (Wildman–Crippen MR) is 100 cm³/mol. The lowest BCUT2D eigenvalue weighted by Crippen LogP contribution is -2.45. The lowest BCUT2D eigenvalue weighted by atomic mass is 10.1. The first-order valence-electron chi connectivity index (χ1n) is 9.39. The van der Waals surface area contributed by atoms with E-state index in [0.29, 0.717) is 43.4 Å². The van der Waals surface area contributed by atoms with Crippen molar-refractivity contribution in [2.24, 2.45) is 0 Å². The largest absolute Gasteiger partial charge is 0.486 e. The number of likely N-dealkylation sites (tertiary alicyclic amines) is 1. The number of hydrogen-bond donors (Lipinski definition) is 0. The summed E-state index contributed by atoms with van der Waals surface area (Å²) in [6, 6.07) is 5.18. The van der Waals surface area contributed by atoms with Crippen molar-refractivity contribution in [3.05, 3.63) is 23.8 Å².